The molecule has 1 unspecified atom stereocenters. The van der Waals surface area contributed by atoms with E-state index in [0.717, 1.165) is 60.9 Å². The Morgan fingerprint density at radius 3 is 2.47 bits per heavy atom. The Morgan fingerprint density at radius 1 is 1.17 bits per heavy atom. The highest BCUT2D eigenvalue weighted by Gasteiger charge is 2.36. The minimum absolute atomic E-state index is 0.0415. The zero-order valence-electron chi connectivity index (χ0n) is 21.0. The topological polar surface area (TPSA) is 79.5 Å². The van der Waals surface area contributed by atoms with Crippen molar-refractivity contribution in [1.29, 1.82) is 0 Å². The van der Waals surface area contributed by atoms with Gasteiger partial charge in [-0.15, -0.1) is 0 Å². The number of pyridine rings is 1. The lowest BCUT2D eigenvalue weighted by atomic mass is 9.75. The van der Waals surface area contributed by atoms with Crippen molar-refractivity contribution >= 4 is 34.0 Å². The van der Waals surface area contributed by atoms with E-state index in [1.165, 1.54) is 6.07 Å². The zero-order chi connectivity index (χ0) is 25.8. The molecule has 1 saturated carbocycles. The van der Waals surface area contributed by atoms with E-state index in [0.29, 0.717) is 23.0 Å². The van der Waals surface area contributed by atoms with Gasteiger partial charge in [0.15, 0.2) is 17.3 Å². The number of rotatable bonds is 6. The van der Waals surface area contributed by atoms with Crippen molar-refractivity contribution in [1.82, 2.24) is 4.98 Å². The van der Waals surface area contributed by atoms with Crippen LogP contribution < -0.4 is 10.6 Å². The number of aromatic nitrogens is 1. The summed E-state index contributed by atoms with van der Waals surface area (Å²) in [7, 11) is 0. The maximum Gasteiger partial charge on any atom is 0.170 e. The lowest BCUT2D eigenvalue weighted by Gasteiger charge is -2.41. The number of anilines is 1. The molecule has 7 heteroatoms. The Bertz CT molecular complexity index is 1300. The van der Waals surface area contributed by atoms with E-state index in [1.54, 1.807) is 12.3 Å². The van der Waals surface area contributed by atoms with Crippen LogP contribution in [0.2, 0.25) is 5.02 Å². The summed E-state index contributed by atoms with van der Waals surface area (Å²) in [4.78, 5) is 20.3. The van der Waals surface area contributed by atoms with E-state index in [2.05, 4.69) is 30.7 Å². The van der Waals surface area contributed by atoms with Crippen LogP contribution in [0.5, 0.6) is 5.75 Å². The summed E-state index contributed by atoms with van der Waals surface area (Å²) in [6.45, 7) is 8.08. The maximum absolute atomic E-state index is 14.3. The van der Waals surface area contributed by atoms with Crippen molar-refractivity contribution in [2.45, 2.75) is 52.0 Å². The second-order valence-electron chi connectivity index (χ2n) is 11.1. The molecule has 2 fully saturated rings. The first-order valence-electron chi connectivity index (χ1n) is 12.7. The number of hydrogen-bond donors (Lipinski definition) is 2. The Balaban J connectivity index is 1.58. The molecule has 3 aromatic rings. The van der Waals surface area contributed by atoms with Crippen molar-refractivity contribution in [2.24, 2.45) is 23.5 Å². The maximum atomic E-state index is 14.3. The van der Waals surface area contributed by atoms with Gasteiger partial charge in [-0.3, -0.25) is 9.78 Å². The molecule has 36 heavy (non-hydrogen) atoms. The van der Waals surface area contributed by atoms with Gasteiger partial charge in [-0.2, -0.15) is 0 Å². The van der Waals surface area contributed by atoms with Gasteiger partial charge in [-0.05, 0) is 86.8 Å². The molecule has 1 aromatic heterocycles. The third kappa shape index (κ3) is 4.69. The normalized spacial score (nSPS) is 18.0. The Hall–Kier alpha value is -2.70. The summed E-state index contributed by atoms with van der Waals surface area (Å²) >= 11 is 6.06. The number of piperidine rings is 1. The van der Waals surface area contributed by atoms with E-state index < -0.39 is 11.6 Å². The highest BCUT2D eigenvalue weighted by Crippen LogP contribution is 2.42. The number of phenolic OH excluding ortho intramolecular Hbond substituents is 1. The van der Waals surface area contributed by atoms with Crippen LogP contribution in [-0.4, -0.2) is 34.5 Å². The van der Waals surface area contributed by atoms with Gasteiger partial charge in [-0.1, -0.05) is 24.6 Å². The predicted molar refractivity (Wildman–Crippen MR) is 143 cm³/mol. The van der Waals surface area contributed by atoms with Crippen molar-refractivity contribution < 1.29 is 14.3 Å². The fourth-order valence-corrected chi connectivity index (χ4v) is 5.62. The van der Waals surface area contributed by atoms with Crippen LogP contribution in [0.1, 0.15) is 56.8 Å². The van der Waals surface area contributed by atoms with Gasteiger partial charge in [0.2, 0.25) is 0 Å². The molecule has 3 N–H and O–H groups in total. The fourth-order valence-electron chi connectivity index (χ4n) is 5.41. The first-order chi connectivity index (χ1) is 17.0. The molecular weight excluding hydrogens is 477 g/mol. The molecule has 2 aliphatic rings. The smallest absolute Gasteiger partial charge is 0.170 e. The summed E-state index contributed by atoms with van der Waals surface area (Å²) < 4.78 is 14.3. The minimum atomic E-state index is -0.771. The third-order valence-corrected chi connectivity index (χ3v) is 8.43. The Kier molecular flexibility index (Phi) is 6.46. The second-order valence-corrected chi connectivity index (χ2v) is 11.5. The Morgan fingerprint density at radius 2 is 1.86 bits per heavy atom. The van der Waals surface area contributed by atoms with E-state index in [9.17, 15) is 14.3 Å². The monoisotopic (exact) mass is 509 g/mol. The molecule has 1 aliphatic heterocycles. The van der Waals surface area contributed by atoms with Crippen LogP contribution in [-0.2, 0) is 0 Å². The van der Waals surface area contributed by atoms with Gasteiger partial charge >= 0.3 is 0 Å². The number of fused-ring (bicyclic) bond motifs is 1. The average Bonchev–Trinajstić information content (AvgIpc) is 3.70. The molecule has 0 radical (unpaired) electrons. The van der Waals surface area contributed by atoms with Crippen LogP contribution in [0.15, 0.2) is 36.5 Å². The van der Waals surface area contributed by atoms with Gasteiger partial charge in [0.25, 0.3) is 0 Å². The second kappa shape index (κ2) is 9.31. The number of nitrogens with two attached hydrogens (primary N) is 1. The number of nitrogens with zero attached hydrogens (tertiary/aromatic N) is 2. The van der Waals surface area contributed by atoms with Crippen LogP contribution >= 0.6 is 11.6 Å². The molecule has 5 nitrogen and oxygen atoms in total. The molecular formula is C29H33ClFN3O2. The molecule has 5 rings (SSSR count). The van der Waals surface area contributed by atoms with Crippen molar-refractivity contribution in [3.05, 3.63) is 52.9 Å². The van der Waals surface area contributed by atoms with E-state index in [4.69, 9.17) is 17.3 Å². The van der Waals surface area contributed by atoms with Crippen LogP contribution in [0.25, 0.3) is 22.0 Å². The number of ketones is 1. The van der Waals surface area contributed by atoms with Crippen LogP contribution in [0, 0.1) is 23.6 Å². The highest BCUT2D eigenvalue weighted by atomic mass is 35.5. The van der Waals surface area contributed by atoms with Crippen molar-refractivity contribution in [3.8, 4) is 16.9 Å². The van der Waals surface area contributed by atoms with E-state index in [-0.39, 0.29) is 22.3 Å². The number of phenols is 1. The summed E-state index contributed by atoms with van der Waals surface area (Å²) in [6, 6.07) is 8.54. The summed E-state index contributed by atoms with van der Waals surface area (Å²) in [5, 5.41) is 10.6. The zero-order valence-corrected chi connectivity index (χ0v) is 21.8. The van der Waals surface area contributed by atoms with Gasteiger partial charge in [-0.25, -0.2) is 4.39 Å². The molecule has 0 bridgehead atoms. The van der Waals surface area contributed by atoms with Gasteiger partial charge in [0.1, 0.15) is 0 Å². The van der Waals surface area contributed by atoms with Crippen LogP contribution in [0.4, 0.5) is 10.1 Å². The molecule has 2 aromatic carbocycles. The minimum Gasteiger partial charge on any atom is -0.504 e. The largest absolute Gasteiger partial charge is 0.504 e. The van der Waals surface area contributed by atoms with Crippen molar-refractivity contribution in [3.63, 3.8) is 0 Å². The molecule has 1 aliphatic carbocycles. The number of Topliss-reactive ketones (excluding diaryl/α,β-unsaturated/α-hetero) is 1. The first kappa shape index (κ1) is 25.0. The van der Waals surface area contributed by atoms with Crippen LogP contribution in [0.3, 0.4) is 0 Å². The fraction of sp³-hybridized carbons (Fsp3) is 0.448. The van der Waals surface area contributed by atoms with E-state index >= 15 is 0 Å². The number of carbonyl (C=O) groups is 1. The lowest BCUT2D eigenvalue weighted by Crippen LogP contribution is -2.46. The standard InChI is InChI=1S/C29H33ClFN3O2/c1-16(29(2,3)32)17-8-10-34(11-9-17)26-21-12-19(20-13-23(30)28(36)24(31)14-20)6-7-25(21)33-15-22(26)27(35)18-4-5-18/h6-7,12-18,36H,4-5,8-11,32H2,1-3H3. The SMILES string of the molecule is CC(C1CCN(c2c(C(=O)C3CC3)cnc3ccc(-c4cc(F)c(O)c(Cl)c4)cc23)CC1)C(C)(C)N. The summed E-state index contributed by atoms with van der Waals surface area (Å²) in [5.41, 5.74) is 9.85. The Labute approximate surface area is 216 Å². The van der Waals surface area contributed by atoms with E-state index in [1.807, 2.05) is 18.2 Å². The van der Waals surface area contributed by atoms with Gasteiger partial charge in [0.05, 0.1) is 21.8 Å². The number of benzene rings is 2. The third-order valence-electron chi connectivity index (χ3n) is 8.14. The molecule has 2 heterocycles. The quantitative estimate of drug-likeness (QED) is 0.367. The number of carbonyl (C=O) groups excluding carboxylic acids is 1. The van der Waals surface area contributed by atoms with Crippen molar-refractivity contribution in [2.75, 3.05) is 18.0 Å². The lowest BCUT2D eigenvalue weighted by molar-refractivity contribution is 0.0967. The number of halogens is 2. The van der Waals surface area contributed by atoms with Gasteiger partial charge in [0, 0.05) is 36.1 Å². The molecule has 1 saturated heterocycles. The molecule has 190 valence electrons. The predicted octanol–water partition coefficient (Wildman–Crippen LogP) is 6.58. The first-order valence-corrected chi connectivity index (χ1v) is 13.1. The number of aromatic hydroxyl groups is 1. The van der Waals surface area contributed by atoms with Gasteiger partial charge < -0.3 is 15.7 Å². The number of hydrogen-bond acceptors (Lipinski definition) is 5. The highest BCUT2D eigenvalue weighted by molar-refractivity contribution is 6.32. The summed E-state index contributed by atoms with van der Waals surface area (Å²) in [6.07, 6.45) is 5.58. The molecule has 0 amide bonds. The summed E-state index contributed by atoms with van der Waals surface area (Å²) in [5.74, 6) is -0.183. The average molecular weight is 510 g/mol. The molecule has 1 atom stereocenters. The molecule has 0 spiro atoms.